The van der Waals surface area contributed by atoms with Crippen molar-refractivity contribution in [2.45, 2.75) is 26.4 Å². The van der Waals surface area contributed by atoms with E-state index in [0.29, 0.717) is 19.0 Å². The molecule has 0 bridgehead atoms. The Labute approximate surface area is 129 Å². The van der Waals surface area contributed by atoms with Crippen molar-refractivity contribution in [1.29, 1.82) is 0 Å². The van der Waals surface area contributed by atoms with E-state index >= 15 is 0 Å². The average molecular weight is 300 g/mol. The van der Waals surface area contributed by atoms with E-state index in [-0.39, 0.29) is 11.6 Å². The Morgan fingerprint density at radius 3 is 3.00 bits per heavy atom. The van der Waals surface area contributed by atoms with Crippen LogP contribution in [0.2, 0.25) is 0 Å². The van der Waals surface area contributed by atoms with Crippen LogP contribution in [-0.2, 0) is 11.3 Å². The van der Waals surface area contributed by atoms with Crippen molar-refractivity contribution in [2.75, 3.05) is 19.8 Å². The summed E-state index contributed by atoms with van der Waals surface area (Å²) >= 11 is 0. The first kappa shape index (κ1) is 14.9. The topological polar surface area (TPSA) is 71.1 Å². The summed E-state index contributed by atoms with van der Waals surface area (Å²) in [5.74, 6) is 0.630. The van der Waals surface area contributed by atoms with Crippen LogP contribution in [0.3, 0.4) is 0 Å². The summed E-state index contributed by atoms with van der Waals surface area (Å²) in [5, 5.41) is 0. The molecule has 22 heavy (non-hydrogen) atoms. The largest absolute Gasteiger partial charge is 0.378 e. The highest BCUT2D eigenvalue weighted by molar-refractivity contribution is 5.15. The Bertz CT molecular complexity index is 696. The van der Waals surface area contributed by atoms with Crippen LogP contribution in [0, 0.1) is 13.8 Å². The molecule has 0 aromatic carbocycles. The first-order valence-electron chi connectivity index (χ1n) is 7.43. The Morgan fingerprint density at radius 2 is 2.27 bits per heavy atom. The summed E-state index contributed by atoms with van der Waals surface area (Å²) < 4.78 is 5.59. The summed E-state index contributed by atoms with van der Waals surface area (Å²) in [5.41, 5.74) is 2.80. The number of hydrogen-bond acceptors (Lipinski definition) is 5. The average Bonchev–Trinajstić information content (AvgIpc) is 2.49. The fraction of sp³-hybridized carbons (Fsp3) is 0.438. The van der Waals surface area contributed by atoms with Crippen LogP contribution in [0.4, 0.5) is 0 Å². The van der Waals surface area contributed by atoms with Gasteiger partial charge in [0.15, 0.2) is 0 Å². The second-order valence-electron chi connectivity index (χ2n) is 5.62. The third-order valence-corrected chi connectivity index (χ3v) is 3.82. The summed E-state index contributed by atoms with van der Waals surface area (Å²) in [6.45, 7) is 6.60. The number of nitrogens with one attached hydrogen (secondary N) is 1. The number of aromatic amines is 1. The summed E-state index contributed by atoms with van der Waals surface area (Å²) in [7, 11) is 0. The molecular weight excluding hydrogens is 280 g/mol. The van der Waals surface area contributed by atoms with Gasteiger partial charge in [0, 0.05) is 31.0 Å². The van der Waals surface area contributed by atoms with Crippen molar-refractivity contribution in [3.63, 3.8) is 0 Å². The molecule has 116 valence electrons. The van der Waals surface area contributed by atoms with Gasteiger partial charge < -0.3 is 9.72 Å². The molecule has 0 radical (unpaired) electrons. The summed E-state index contributed by atoms with van der Waals surface area (Å²) in [6, 6.07) is 5.66. The maximum absolute atomic E-state index is 11.7. The first-order valence-corrected chi connectivity index (χ1v) is 7.43. The predicted molar refractivity (Wildman–Crippen MR) is 82.5 cm³/mol. The van der Waals surface area contributed by atoms with Crippen LogP contribution < -0.4 is 5.56 Å². The molecule has 1 saturated heterocycles. The fourth-order valence-corrected chi connectivity index (χ4v) is 2.70. The van der Waals surface area contributed by atoms with Crippen molar-refractivity contribution in [3.05, 3.63) is 57.5 Å². The van der Waals surface area contributed by atoms with Gasteiger partial charge in [0.2, 0.25) is 0 Å². The lowest BCUT2D eigenvalue weighted by atomic mass is 10.1. The lowest BCUT2D eigenvalue weighted by Gasteiger charge is -2.35. The molecule has 6 nitrogen and oxygen atoms in total. The number of morpholine rings is 1. The molecule has 1 aliphatic rings. The molecule has 1 N–H and O–H groups in total. The molecule has 3 heterocycles. The lowest BCUT2D eigenvalue weighted by molar-refractivity contribution is -0.0144. The van der Waals surface area contributed by atoms with E-state index < -0.39 is 0 Å². The first-order chi connectivity index (χ1) is 10.6. The molecule has 0 spiro atoms. The van der Waals surface area contributed by atoms with Gasteiger partial charge in [-0.25, -0.2) is 4.98 Å². The molecule has 1 atom stereocenters. The molecule has 1 fully saturated rings. The number of H-pyrrole nitrogens is 1. The fourth-order valence-electron chi connectivity index (χ4n) is 2.70. The van der Waals surface area contributed by atoms with E-state index in [9.17, 15) is 4.79 Å². The van der Waals surface area contributed by atoms with E-state index in [4.69, 9.17) is 4.74 Å². The number of ether oxygens (including phenoxy) is 1. The van der Waals surface area contributed by atoms with Gasteiger partial charge in [0.25, 0.3) is 5.56 Å². The van der Waals surface area contributed by atoms with Gasteiger partial charge >= 0.3 is 0 Å². The van der Waals surface area contributed by atoms with Gasteiger partial charge in [0.1, 0.15) is 5.82 Å². The molecule has 3 rings (SSSR count). The van der Waals surface area contributed by atoms with Crippen LogP contribution in [0.5, 0.6) is 0 Å². The molecule has 1 aliphatic heterocycles. The Morgan fingerprint density at radius 1 is 1.41 bits per heavy atom. The highest BCUT2D eigenvalue weighted by atomic mass is 16.5. The zero-order valence-corrected chi connectivity index (χ0v) is 12.9. The van der Waals surface area contributed by atoms with Gasteiger partial charge in [-0.05, 0) is 25.5 Å². The van der Waals surface area contributed by atoms with Crippen LogP contribution >= 0.6 is 0 Å². The molecule has 0 saturated carbocycles. The van der Waals surface area contributed by atoms with E-state index in [2.05, 4.69) is 25.9 Å². The predicted octanol–water partition coefficient (Wildman–Crippen LogP) is 1.36. The quantitative estimate of drug-likeness (QED) is 0.926. The zero-order valence-electron chi connectivity index (χ0n) is 12.9. The maximum atomic E-state index is 11.7. The second kappa shape index (κ2) is 6.37. The Hall–Kier alpha value is -2.05. The van der Waals surface area contributed by atoms with Gasteiger partial charge in [0.05, 0.1) is 24.9 Å². The lowest BCUT2D eigenvalue weighted by Crippen LogP contribution is -2.40. The minimum Gasteiger partial charge on any atom is -0.378 e. The van der Waals surface area contributed by atoms with Crippen molar-refractivity contribution in [3.8, 4) is 0 Å². The van der Waals surface area contributed by atoms with Crippen molar-refractivity contribution >= 4 is 0 Å². The number of aromatic nitrogens is 3. The molecular formula is C16H20N4O2. The number of aryl methyl sites for hydroxylation is 2. The van der Waals surface area contributed by atoms with Crippen molar-refractivity contribution < 1.29 is 4.74 Å². The summed E-state index contributed by atoms with van der Waals surface area (Å²) in [4.78, 5) is 25.5. The molecule has 0 amide bonds. The van der Waals surface area contributed by atoms with Crippen LogP contribution in [-0.4, -0.2) is 39.6 Å². The highest BCUT2D eigenvalue weighted by Gasteiger charge is 2.26. The van der Waals surface area contributed by atoms with Gasteiger partial charge in [-0.1, -0.05) is 6.07 Å². The maximum Gasteiger partial charge on any atom is 0.251 e. The third kappa shape index (κ3) is 3.40. The second-order valence-corrected chi connectivity index (χ2v) is 5.62. The SMILES string of the molecule is Cc1ccc(CN2CCOC[C@@H]2c2cc(=O)[nH]c(C)n2)cn1. The number of rotatable bonds is 3. The van der Waals surface area contributed by atoms with E-state index in [1.54, 1.807) is 13.0 Å². The summed E-state index contributed by atoms with van der Waals surface area (Å²) in [6.07, 6.45) is 1.90. The Balaban J connectivity index is 1.84. The number of pyridine rings is 1. The van der Waals surface area contributed by atoms with E-state index in [0.717, 1.165) is 30.0 Å². The van der Waals surface area contributed by atoms with Crippen LogP contribution in [0.25, 0.3) is 0 Å². The van der Waals surface area contributed by atoms with Crippen molar-refractivity contribution in [2.24, 2.45) is 0 Å². The normalized spacial score (nSPS) is 19.3. The Kier molecular flexibility index (Phi) is 4.31. The third-order valence-electron chi connectivity index (χ3n) is 3.82. The minimum absolute atomic E-state index is 0.00365. The van der Waals surface area contributed by atoms with Gasteiger partial charge in [-0.15, -0.1) is 0 Å². The van der Waals surface area contributed by atoms with Gasteiger partial charge in [-0.2, -0.15) is 0 Å². The minimum atomic E-state index is -0.120. The monoisotopic (exact) mass is 300 g/mol. The van der Waals surface area contributed by atoms with Crippen molar-refractivity contribution in [1.82, 2.24) is 19.9 Å². The molecule has 0 unspecified atom stereocenters. The molecule has 6 heteroatoms. The van der Waals surface area contributed by atoms with Crippen LogP contribution in [0.1, 0.15) is 28.8 Å². The smallest absolute Gasteiger partial charge is 0.251 e. The molecule has 2 aromatic rings. The standard InChI is InChI=1S/C16H20N4O2/c1-11-3-4-13(8-17-11)9-20-5-6-22-10-15(20)14-7-16(21)19-12(2)18-14/h3-4,7-8,15H,5-6,9-10H2,1-2H3,(H,18,19,21)/t15-/m1/s1. The number of nitrogens with zero attached hydrogens (tertiary/aromatic N) is 3. The highest BCUT2D eigenvalue weighted by Crippen LogP contribution is 2.23. The number of hydrogen-bond donors (Lipinski definition) is 1. The van der Waals surface area contributed by atoms with Crippen LogP contribution in [0.15, 0.2) is 29.2 Å². The zero-order chi connectivity index (χ0) is 15.5. The van der Waals surface area contributed by atoms with E-state index in [1.807, 2.05) is 19.2 Å². The molecule has 0 aliphatic carbocycles. The van der Waals surface area contributed by atoms with Gasteiger partial charge in [-0.3, -0.25) is 14.7 Å². The molecule has 2 aromatic heterocycles. The van der Waals surface area contributed by atoms with E-state index in [1.165, 1.54) is 0 Å².